The van der Waals surface area contributed by atoms with Crippen molar-refractivity contribution in [3.8, 4) is 0 Å². The van der Waals surface area contributed by atoms with Crippen molar-refractivity contribution in [2.24, 2.45) is 0 Å². The molecule has 2 heterocycles. The molecule has 0 spiro atoms. The average Bonchev–Trinajstić information content (AvgIpc) is 2.83. The minimum Gasteiger partial charge on any atom is -0.379 e. The third-order valence-electron chi connectivity index (χ3n) is 3.75. The lowest BCUT2D eigenvalue weighted by molar-refractivity contribution is 0.0233. The highest BCUT2D eigenvalue weighted by Gasteiger charge is 2.28. The first-order chi connectivity index (χ1) is 9.17. The summed E-state index contributed by atoms with van der Waals surface area (Å²) in [7, 11) is 12.6. The smallest absolute Gasteiger partial charge is 0.0828 e. The van der Waals surface area contributed by atoms with Crippen LogP contribution >= 0.6 is 0 Å². The van der Waals surface area contributed by atoms with Crippen LogP contribution in [0.2, 0.25) is 0 Å². The molecule has 19 heavy (non-hydrogen) atoms. The lowest BCUT2D eigenvalue weighted by atomic mass is 9.57. The van der Waals surface area contributed by atoms with Crippen LogP contribution in [0.1, 0.15) is 5.56 Å². The number of aromatic nitrogens is 1. The van der Waals surface area contributed by atoms with Gasteiger partial charge in [0.2, 0.25) is 0 Å². The molecule has 1 fully saturated rings. The van der Waals surface area contributed by atoms with Crippen molar-refractivity contribution in [2.45, 2.75) is 11.8 Å². The average molecular weight is 250 g/mol. The van der Waals surface area contributed by atoms with Gasteiger partial charge in [0.25, 0.3) is 0 Å². The van der Waals surface area contributed by atoms with Gasteiger partial charge in [-0.05, 0) is 23.4 Å². The number of hydrogen-bond donors (Lipinski definition) is 1. The fraction of sp³-hybridized carbons (Fsp3) is 0.429. The van der Waals surface area contributed by atoms with Crippen molar-refractivity contribution in [2.75, 3.05) is 26.3 Å². The first-order valence-corrected chi connectivity index (χ1v) is 6.62. The van der Waals surface area contributed by atoms with E-state index >= 15 is 0 Å². The number of aromatic amines is 1. The molecule has 1 N–H and O–H groups in total. The summed E-state index contributed by atoms with van der Waals surface area (Å²) in [6.45, 7) is 2.97. The maximum Gasteiger partial charge on any atom is 0.0828 e. The highest BCUT2D eigenvalue weighted by molar-refractivity contribution is 6.40. The summed E-state index contributed by atoms with van der Waals surface area (Å²) < 4.78 is 5.34. The predicted molar refractivity (Wildman–Crippen MR) is 78.6 cm³/mol. The van der Waals surface area contributed by atoms with E-state index < -0.39 is 5.34 Å². The molecule has 1 aliphatic rings. The summed E-state index contributed by atoms with van der Waals surface area (Å²) in [6, 6.07) is 8.20. The van der Waals surface area contributed by atoms with Gasteiger partial charge in [-0.25, -0.2) is 0 Å². The number of benzene rings is 1. The molecular formula is C14H16B2N2O. The van der Waals surface area contributed by atoms with Gasteiger partial charge in [0.05, 0.1) is 28.9 Å². The van der Waals surface area contributed by atoms with E-state index in [0.717, 1.165) is 24.2 Å². The zero-order chi connectivity index (χ0) is 13.3. The SMILES string of the molecule is [B]C([B])(Cc1c[nH]c2ccccc12)N1CCOCC1. The summed E-state index contributed by atoms with van der Waals surface area (Å²) in [4.78, 5) is 5.35. The van der Waals surface area contributed by atoms with Crippen LogP contribution in [0.3, 0.4) is 0 Å². The molecule has 0 aliphatic carbocycles. The highest BCUT2D eigenvalue weighted by atomic mass is 16.5. The Balaban J connectivity index is 1.83. The van der Waals surface area contributed by atoms with Crippen molar-refractivity contribution in [3.05, 3.63) is 36.0 Å². The summed E-state index contributed by atoms with van der Waals surface area (Å²) in [5.41, 5.74) is 2.28. The number of para-hydroxylation sites is 1. The van der Waals surface area contributed by atoms with E-state index in [2.05, 4.69) is 22.0 Å². The zero-order valence-corrected chi connectivity index (χ0v) is 10.9. The number of rotatable bonds is 3. The molecule has 1 aromatic carbocycles. The third kappa shape index (κ3) is 2.58. The van der Waals surface area contributed by atoms with Crippen LogP contribution in [0.5, 0.6) is 0 Å². The minimum absolute atomic E-state index is 0.622. The molecule has 5 heteroatoms. The molecule has 1 saturated heterocycles. The first-order valence-electron chi connectivity index (χ1n) is 6.62. The molecule has 0 atom stereocenters. The van der Waals surface area contributed by atoms with Crippen LogP contribution in [0, 0.1) is 0 Å². The largest absolute Gasteiger partial charge is 0.379 e. The van der Waals surface area contributed by atoms with Crippen LogP contribution in [-0.2, 0) is 11.2 Å². The normalized spacial score (nSPS) is 17.9. The van der Waals surface area contributed by atoms with E-state index in [9.17, 15) is 0 Å². The lowest BCUT2D eigenvalue weighted by Gasteiger charge is -2.42. The zero-order valence-electron chi connectivity index (χ0n) is 10.9. The molecule has 0 bridgehead atoms. The number of nitrogens with one attached hydrogen (secondary N) is 1. The second-order valence-corrected chi connectivity index (χ2v) is 5.13. The maximum atomic E-state index is 6.31. The van der Waals surface area contributed by atoms with Crippen molar-refractivity contribution in [1.29, 1.82) is 0 Å². The summed E-state index contributed by atoms with van der Waals surface area (Å²) >= 11 is 0. The summed E-state index contributed by atoms with van der Waals surface area (Å²) in [5, 5.41) is 0.366. The Kier molecular flexibility index (Phi) is 3.42. The van der Waals surface area contributed by atoms with E-state index in [1.807, 2.05) is 18.3 Å². The highest BCUT2D eigenvalue weighted by Crippen LogP contribution is 2.23. The summed E-state index contributed by atoms with van der Waals surface area (Å²) in [5.74, 6) is 0. The molecule has 1 aromatic heterocycles. The minimum atomic E-state index is -0.825. The molecule has 0 saturated carbocycles. The quantitative estimate of drug-likeness (QED) is 0.824. The molecule has 3 nitrogen and oxygen atoms in total. The maximum absolute atomic E-state index is 6.31. The van der Waals surface area contributed by atoms with Crippen LogP contribution in [-0.4, -0.2) is 57.2 Å². The molecule has 1 aliphatic heterocycles. The molecule has 3 rings (SSSR count). The number of H-pyrrole nitrogens is 1. The van der Waals surface area contributed by atoms with Crippen LogP contribution in [0.4, 0.5) is 0 Å². The molecule has 94 valence electrons. The Bertz CT molecular complexity index is 561. The van der Waals surface area contributed by atoms with Crippen molar-refractivity contribution < 1.29 is 4.74 Å². The van der Waals surface area contributed by atoms with E-state index in [1.54, 1.807) is 0 Å². The second kappa shape index (κ2) is 5.06. The predicted octanol–water partition coefficient (Wildman–Crippen LogP) is 1.03. The molecule has 4 radical (unpaired) electrons. The van der Waals surface area contributed by atoms with E-state index in [-0.39, 0.29) is 0 Å². The Hall–Kier alpha value is -1.19. The second-order valence-electron chi connectivity index (χ2n) is 5.13. The topological polar surface area (TPSA) is 28.3 Å². The fourth-order valence-electron chi connectivity index (χ4n) is 2.67. The molecular weight excluding hydrogens is 234 g/mol. The Labute approximate surface area is 116 Å². The Morgan fingerprint density at radius 1 is 1.21 bits per heavy atom. The molecule has 2 aromatic rings. The van der Waals surface area contributed by atoms with Gasteiger partial charge in [-0.15, -0.1) is 0 Å². The van der Waals surface area contributed by atoms with Gasteiger partial charge < -0.3 is 14.6 Å². The number of ether oxygens (including phenoxy) is 1. The van der Waals surface area contributed by atoms with E-state index in [4.69, 9.17) is 20.4 Å². The van der Waals surface area contributed by atoms with Crippen molar-refractivity contribution >= 4 is 26.6 Å². The van der Waals surface area contributed by atoms with Crippen molar-refractivity contribution in [1.82, 2.24) is 9.88 Å². The first kappa shape index (κ1) is 12.8. The number of hydrogen-bond acceptors (Lipinski definition) is 2. The Morgan fingerprint density at radius 3 is 2.74 bits per heavy atom. The van der Waals surface area contributed by atoms with Gasteiger partial charge in [-0.1, -0.05) is 18.2 Å². The van der Waals surface area contributed by atoms with Gasteiger partial charge in [0, 0.05) is 30.2 Å². The molecule has 0 amide bonds. The Morgan fingerprint density at radius 2 is 1.95 bits per heavy atom. The van der Waals surface area contributed by atoms with E-state index in [0.29, 0.717) is 19.6 Å². The standard InChI is InChI=1S/C14H16B2N2O/c15-14(16,18-5-7-19-8-6-18)9-11-10-17-13-4-2-1-3-12(11)13/h1-4,10,17H,5-9H2. The van der Waals surface area contributed by atoms with Gasteiger partial charge in [-0.2, -0.15) is 0 Å². The van der Waals surface area contributed by atoms with Gasteiger partial charge in [0.15, 0.2) is 0 Å². The van der Waals surface area contributed by atoms with Gasteiger partial charge >= 0.3 is 0 Å². The number of fused-ring (bicyclic) bond motifs is 1. The van der Waals surface area contributed by atoms with Gasteiger partial charge in [0.1, 0.15) is 0 Å². The molecule has 0 unspecified atom stereocenters. The number of morpholine rings is 1. The fourth-order valence-corrected chi connectivity index (χ4v) is 2.67. The lowest BCUT2D eigenvalue weighted by Crippen LogP contribution is -2.55. The van der Waals surface area contributed by atoms with Gasteiger partial charge in [-0.3, -0.25) is 0 Å². The summed E-state index contributed by atoms with van der Waals surface area (Å²) in [6.07, 6.45) is 2.62. The van der Waals surface area contributed by atoms with Crippen LogP contribution < -0.4 is 0 Å². The van der Waals surface area contributed by atoms with E-state index in [1.165, 1.54) is 5.39 Å². The van der Waals surface area contributed by atoms with Crippen LogP contribution in [0.15, 0.2) is 30.5 Å². The monoisotopic (exact) mass is 250 g/mol. The third-order valence-corrected chi connectivity index (χ3v) is 3.75. The number of nitrogens with zero attached hydrogens (tertiary/aromatic N) is 1. The van der Waals surface area contributed by atoms with Crippen LogP contribution in [0.25, 0.3) is 10.9 Å². The van der Waals surface area contributed by atoms with Crippen molar-refractivity contribution in [3.63, 3.8) is 0 Å².